The molecule has 1 amide bonds. The lowest BCUT2D eigenvalue weighted by Crippen LogP contribution is -2.29. The number of carbonyl (C=O) groups excluding carboxylic acids is 2. The van der Waals surface area contributed by atoms with Crippen molar-refractivity contribution in [2.45, 2.75) is 18.8 Å². The first kappa shape index (κ1) is 16.1. The average Bonchev–Trinajstić information content (AvgIpc) is 2.91. The predicted octanol–water partition coefficient (Wildman–Crippen LogP) is 2.06. The molecule has 0 spiro atoms. The van der Waals surface area contributed by atoms with Crippen molar-refractivity contribution in [2.24, 2.45) is 0 Å². The summed E-state index contributed by atoms with van der Waals surface area (Å²) in [6.45, 7) is 0.505. The molecule has 5 nitrogen and oxygen atoms in total. The zero-order valence-electron chi connectivity index (χ0n) is 13.2. The largest absolute Gasteiger partial charge is 0.550 e. The molecule has 2 aromatic carbocycles. The van der Waals surface area contributed by atoms with Crippen LogP contribution in [0.3, 0.4) is 0 Å². The first-order chi connectivity index (χ1) is 11.7. The number of carboxylic acids is 1. The standard InChI is InChI=1S/C19H19NO4/c21-18(22)10-5-11-20-19(23)24-12-17-15-8-3-1-6-13(15)14-7-2-4-9-16(14)17/h1-4,6-9,17H,5,10-12H2,(H,20,23)(H,21,22)/p-1. The van der Waals surface area contributed by atoms with E-state index in [1.807, 2.05) is 24.3 Å². The molecule has 0 saturated heterocycles. The number of alkyl carbamates (subject to hydrolysis) is 1. The zero-order valence-corrected chi connectivity index (χ0v) is 13.2. The maximum atomic E-state index is 11.8. The fraction of sp³-hybridized carbons (Fsp3) is 0.263. The minimum Gasteiger partial charge on any atom is -0.550 e. The first-order valence-electron chi connectivity index (χ1n) is 7.95. The molecule has 24 heavy (non-hydrogen) atoms. The number of ether oxygens (including phenoxy) is 1. The van der Waals surface area contributed by atoms with Crippen LogP contribution in [0.2, 0.25) is 0 Å². The summed E-state index contributed by atoms with van der Waals surface area (Å²) in [5.41, 5.74) is 4.67. The molecule has 0 unspecified atom stereocenters. The minimum atomic E-state index is -1.12. The molecule has 0 atom stereocenters. The first-order valence-corrected chi connectivity index (χ1v) is 7.95. The molecular formula is C19H18NO4-. The maximum Gasteiger partial charge on any atom is 0.407 e. The predicted molar refractivity (Wildman–Crippen MR) is 87.3 cm³/mol. The Balaban J connectivity index is 1.61. The van der Waals surface area contributed by atoms with Gasteiger partial charge in [0.2, 0.25) is 0 Å². The van der Waals surface area contributed by atoms with Crippen molar-refractivity contribution in [2.75, 3.05) is 13.2 Å². The minimum absolute atomic E-state index is 0.0198. The number of rotatable bonds is 6. The van der Waals surface area contributed by atoms with Gasteiger partial charge in [0.05, 0.1) is 0 Å². The molecule has 0 aromatic heterocycles. The van der Waals surface area contributed by atoms with Crippen molar-refractivity contribution in [1.29, 1.82) is 0 Å². The Kier molecular flexibility index (Phi) is 4.79. The Morgan fingerprint density at radius 2 is 1.58 bits per heavy atom. The SMILES string of the molecule is O=C([O-])CCCNC(=O)OCC1c2ccccc2-c2ccccc21. The quantitative estimate of drug-likeness (QED) is 0.825. The lowest BCUT2D eigenvalue weighted by atomic mass is 9.98. The number of aliphatic carboxylic acids is 1. The van der Waals surface area contributed by atoms with Crippen molar-refractivity contribution < 1.29 is 19.4 Å². The number of hydrogen-bond donors (Lipinski definition) is 1. The fourth-order valence-corrected chi connectivity index (χ4v) is 3.07. The number of carboxylic acid groups (broad SMARTS) is 1. The van der Waals surface area contributed by atoms with E-state index in [1.54, 1.807) is 0 Å². The van der Waals surface area contributed by atoms with E-state index in [1.165, 1.54) is 11.1 Å². The van der Waals surface area contributed by atoms with Crippen LogP contribution in [0.25, 0.3) is 11.1 Å². The molecule has 0 heterocycles. The maximum absolute atomic E-state index is 11.8. The lowest BCUT2D eigenvalue weighted by molar-refractivity contribution is -0.305. The summed E-state index contributed by atoms with van der Waals surface area (Å²) >= 11 is 0. The second kappa shape index (κ2) is 7.17. The number of hydrogen-bond acceptors (Lipinski definition) is 4. The summed E-state index contributed by atoms with van der Waals surface area (Å²) in [6.07, 6.45) is -0.286. The van der Waals surface area contributed by atoms with Crippen LogP contribution in [0.4, 0.5) is 4.79 Å². The van der Waals surface area contributed by atoms with Gasteiger partial charge in [0.25, 0.3) is 0 Å². The van der Waals surface area contributed by atoms with Gasteiger partial charge in [-0.15, -0.1) is 0 Å². The Bertz CT molecular complexity index is 711. The van der Waals surface area contributed by atoms with Gasteiger partial charge >= 0.3 is 6.09 Å². The van der Waals surface area contributed by atoms with E-state index in [4.69, 9.17) is 4.74 Å². The van der Waals surface area contributed by atoms with Gasteiger partial charge < -0.3 is 20.0 Å². The second-order valence-corrected chi connectivity index (χ2v) is 5.73. The van der Waals surface area contributed by atoms with Crippen LogP contribution in [0, 0.1) is 0 Å². The highest BCUT2D eigenvalue weighted by molar-refractivity contribution is 5.79. The van der Waals surface area contributed by atoms with Crippen molar-refractivity contribution in [1.82, 2.24) is 5.32 Å². The molecule has 1 aliphatic rings. The van der Waals surface area contributed by atoms with Crippen LogP contribution in [0.15, 0.2) is 48.5 Å². The van der Waals surface area contributed by atoms with E-state index in [-0.39, 0.29) is 25.5 Å². The lowest BCUT2D eigenvalue weighted by Gasteiger charge is -2.14. The number of amides is 1. The summed E-state index contributed by atoms with van der Waals surface area (Å²) < 4.78 is 5.33. The van der Waals surface area contributed by atoms with Crippen LogP contribution in [0.1, 0.15) is 29.9 Å². The van der Waals surface area contributed by atoms with Gasteiger partial charge in [-0.05, 0) is 35.1 Å². The van der Waals surface area contributed by atoms with Gasteiger partial charge in [0.15, 0.2) is 0 Å². The highest BCUT2D eigenvalue weighted by atomic mass is 16.5. The fourth-order valence-electron chi connectivity index (χ4n) is 3.07. The van der Waals surface area contributed by atoms with Crippen molar-refractivity contribution in [3.05, 3.63) is 59.7 Å². The van der Waals surface area contributed by atoms with Crippen LogP contribution < -0.4 is 10.4 Å². The highest BCUT2D eigenvalue weighted by Gasteiger charge is 2.28. The van der Waals surface area contributed by atoms with E-state index in [9.17, 15) is 14.7 Å². The number of benzene rings is 2. The van der Waals surface area contributed by atoms with Crippen molar-refractivity contribution in [3.63, 3.8) is 0 Å². The molecule has 1 aliphatic carbocycles. The van der Waals surface area contributed by atoms with Crippen molar-refractivity contribution >= 4 is 12.1 Å². The molecule has 124 valence electrons. The summed E-state index contributed by atoms with van der Waals surface area (Å²) in [5, 5.41) is 12.9. The number of fused-ring (bicyclic) bond motifs is 3. The van der Waals surface area contributed by atoms with Gasteiger partial charge in [-0.2, -0.15) is 0 Å². The van der Waals surface area contributed by atoms with Gasteiger partial charge in [0.1, 0.15) is 6.61 Å². The van der Waals surface area contributed by atoms with E-state index < -0.39 is 12.1 Å². The van der Waals surface area contributed by atoms with Crippen molar-refractivity contribution in [3.8, 4) is 11.1 Å². The third kappa shape index (κ3) is 3.40. The molecule has 0 saturated carbocycles. The summed E-state index contributed by atoms with van der Waals surface area (Å²) in [5.74, 6) is -1.10. The Hall–Kier alpha value is -2.82. The summed E-state index contributed by atoms with van der Waals surface area (Å²) in [4.78, 5) is 22.1. The molecule has 3 rings (SSSR count). The van der Waals surface area contributed by atoms with Crippen LogP contribution in [0.5, 0.6) is 0 Å². The molecule has 0 bridgehead atoms. The molecule has 0 fully saturated rings. The van der Waals surface area contributed by atoms with Gasteiger partial charge in [0, 0.05) is 18.4 Å². The van der Waals surface area contributed by atoms with Crippen LogP contribution >= 0.6 is 0 Å². The number of nitrogens with one attached hydrogen (secondary N) is 1. The molecule has 0 radical (unpaired) electrons. The molecule has 0 aliphatic heterocycles. The second-order valence-electron chi connectivity index (χ2n) is 5.73. The molecule has 5 heteroatoms. The third-order valence-electron chi connectivity index (χ3n) is 4.17. The van der Waals surface area contributed by atoms with E-state index in [0.717, 1.165) is 11.1 Å². The van der Waals surface area contributed by atoms with E-state index >= 15 is 0 Å². The van der Waals surface area contributed by atoms with Gasteiger partial charge in [-0.25, -0.2) is 4.79 Å². The molecular weight excluding hydrogens is 306 g/mol. The van der Waals surface area contributed by atoms with Crippen LogP contribution in [-0.4, -0.2) is 25.2 Å². The average molecular weight is 324 g/mol. The monoisotopic (exact) mass is 324 g/mol. The Morgan fingerprint density at radius 1 is 1.00 bits per heavy atom. The summed E-state index contributed by atoms with van der Waals surface area (Å²) in [6, 6.07) is 16.2. The highest BCUT2D eigenvalue weighted by Crippen LogP contribution is 2.44. The zero-order chi connectivity index (χ0) is 16.9. The number of carbonyl (C=O) groups is 2. The third-order valence-corrected chi connectivity index (χ3v) is 4.17. The smallest absolute Gasteiger partial charge is 0.407 e. The Labute approximate surface area is 140 Å². The molecule has 2 aromatic rings. The normalized spacial score (nSPS) is 12.3. The van der Waals surface area contributed by atoms with Gasteiger partial charge in [-0.3, -0.25) is 0 Å². The summed E-state index contributed by atoms with van der Waals surface area (Å²) in [7, 11) is 0. The topological polar surface area (TPSA) is 78.5 Å². The Morgan fingerprint density at radius 3 is 2.17 bits per heavy atom. The van der Waals surface area contributed by atoms with Crippen LogP contribution in [-0.2, 0) is 9.53 Å². The van der Waals surface area contributed by atoms with E-state index in [2.05, 4.69) is 29.6 Å². The van der Waals surface area contributed by atoms with E-state index in [0.29, 0.717) is 6.42 Å². The van der Waals surface area contributed by atoms with Gasteiger partial charge in [-0.1, -0.05) is 48.5 Å². The molecule has 1 N–H and O–H groups in total.